The molecule has 0 bridgehead atoms. The summed E-state index contributed by atoms with van der Waals surface area (Å²) in [6, 6.07) is 0. The standard InChI is InChI=1S/C6H14N2O/c1-5(2)6(7)8(3)9-4/h5,7H,1-4H3. The Morgan fingerprint density at radius 1 is 1.56 bits per heavy atom. The second-order valence-corrected chi connectivity index (χ2v) is 2.22. The fourth-order valence-electron chi connectivity index (χ4n) is 0.462. The molecule has 0 fully saturated rings. The zero-order chi connectivity index (χ0) is 7.44. The van der Waals surface area contributed by atoms with Gasteiger partial charge in [0.15, 0.2) is 0 Å². The lowest BCUT2D eigenvalue weighted by Gasteiger charge is -2.18. The van der Waals surface area contributed by atoms with Gasteiger partial charge in [-0.05, 0) is 0 Å². The van der Waals surface area contributed by atoms with E-state index in [2.05, 4.69) is 0 Å². The Balaban J connectivity index is 3.73. The van der Waals surface area contributed by atoms with E-state index < -0.39 is 0 Å². The minimum atomic E-state index is 0.231. The first-order valence-electron chi connectivity index (χ1n) is 2.96. The van der Waals surface area contributed by atoms with Crippen molar-refractivity contribution in [3.63, 3.8) is 0 Å². The molecule has 0 amide bonds. The Morgan fingerprint density at radius 2 is 2.00 bits per heavy atom. The van der Waals surface area contributed by atoms with E-state index in [9.17, 15) is 0 Å². The molecule has 0 aromatic carbocycles. The molecular formula is C6H14N2O. The molecule has 0 saturated heterocycles. The maximum atomic E-state index is 7.35. The first-order valence-corrected chi connectivity index (χ1v) is 2.96. The minimum absolute atomic E-state index is 0.231. The van der Waals surface area contributed by atoms with E-state index in [0.29, 0.717) is 5.84 Å². The minimum Gasteiger partial charge on any atom is -0.286 e. The number of amidine groups is 1. The topological polar surface area (TPSA) is 36.3 Å². The van der Waals surface area contributed by atoms with Crippen molar-refractivity contribution in [1.82, 2.24) is 5.06 Å². The Kier molecular flexibility index (Phi) is 3.24. The summed E-state index contributed by atoms with van der Waals surface area (Å²) in [6.07, 6.45) is 0. The highest BCUT2D eigenvalue weighted by Crippen LogP contribution is 1.97. The first-order chi connectivity index (χ1) is 4.09. The van der Waals surface area contributed by atoms with Crippen molar-refractivity contribution in [2.45, 2.75) is 13.8 Å². The van der Waals surface area contributed by atoms with Crippen LogP contribution in [0.15, 0.2) is 0 Å². The van der Waals surface area contributed by atoms with Crippen molar-refractivity contribution >= 4 is 5.84 Å². The molecule has 0 aromatic heterocycles. The molecule has 0 rings (SSSR count). The van der Waals surface area contributed by atoms with Crippen LogP contribution in [-0.2, 0) is 4.84 Å². The van der Waals surface area contributed by atoms with Crippen LogP contribution in [0.3, 0.4) is 0 Å². The van der Waals surface area contributed by atoms with Gasteiger partial charge in [-0.1, -0.05) is 13.8 Å². The van der Waals surface area contributed by atoms with Gasteiger partial charge in [0, 0.05) is 13.0 Å². The van der Waals surface area contributed by atoms with Crippen LogP contribution in [0.5, 0.6) is 0 Å². The average Bonchev–Trinajstić information content (AvgIpc) is 1.84. The van der Waals surface area contributed by atoms with Crippen molar-refractivity contribution < 1.29 is 4.84 Å². The third-order valence-electron chi connectivity index (χ3n) is 1.16. The van der Waals surface area contributed by atoms with E-state index in [-0.39, 0.29) is 5.92 Å². The van der Waals surface area contributed by atoms with Crippen molar-refractivity contribution in [3.05, 3.63) is 0 Å². The molecule has 0 aliphatic carbocycles. The molecule has 9 heavy (non-hydrogen) atoms. The molecule has 0 atom stereocenters. The van der Waals surface area contributed by atoms with Gasteiger partial charge in [-0.25, -0.2) is 5.06 Å². The molecule has 3 heteroatoms. The number of nitrogens with zero attached hydrogens (tertiary/aromatic N) is 1. The average molecular weight is 130 g/mol. The maximum Gasteiger partial charge on any atom is 0.123 e. The molecule has 0 heterocycles. The smallest absolute Gasteiger partial charge is 0.123 e. The summed E-state index contributed by atoms with van der Waals surface area (Å²) in [5.41, 5.74) is 0. The van der Waals surface area contributed by atoms with Crippen LogP contribution < -0.4 is 0 Å². The van der Waals surface area contributed by atoms with Gasteiger partial charge in [0.25, 0.3) is 0 Å². The largest absolute Gasteiger partial charge is 0.286 e. The summed E-state index contributed by atoms with van der Waals surface area (Å²) in [6.45, 7) is 3.91. The van der Waals surface area contributed by atoms with Gasteiger partial charge in [0.05, 0.1) is 7.11 Å². The van der Waals surface area contributed by atoms with Crippen LogP contribution in [-0.4, -0.2) is 25.1 Å². The molecule has 0 radical (unpaired) electrons. The molecule has 0 aromatic rings. The fraction of sp³-hybridized carbons (Fsp3) is 0.833. The predicted molar refractivity (Wildman–Crippen MR) is 37.3 cm³/mol. The van der Waals surface area contributed by atoms with E-state index in [0.717, 1.165) is 0 Å². The summed E-state index contributed by atoms with van der Waals surface area (Å²) in [5, 5.41) is 8.80. The molecule has 0 spiro atoms. The van der Waals surface area contributed by atoms with Crippen LogP contribution >= 0.6 is 0 Å². The van der Waals surface area contributed by atoms with Gasteiger partial charge in [0.1, 0.15) is 5.84 Å². The van der Waals surface area contributed by atoms with E-state index in [1.807, 2.05) is 13.8 Å². The van der Waals surface area contributed by atoms with Crippen LogP contribution in [0.4, 0.5) is 0 Å². The van der Waals surface area contributed by atoms with E-state index >= 15 is 0 Å². The van der Waals surface area contributed by atoms with Crippen LogP contribution in [0, 0.1) is 11.3 Å². The summed E-state index contributed by atoms with van der Waals surface area (Å²) < 4.78 is 0. The number of nitrogens with one attached hydrogen (secondary N) is 1. The normalized spacial score (nSPS) is 9.89. The summed E-state index contributed by atoms with van der Waals surface area (Å²) in [5.74, 6) is 0.729. The molecule has 54 valence electrons. The lowest BCUT2D eigenvalue weighted by molar-refractivity contribution is -0.0465. The van der Waals surface area contributed by atoms with Crippen molar-refractivity contribution in [3.8, 4) is 0 Å². The van der Waals surface area contributed by atoms with E-state index in [1.165, 1.54) is 5.06 Å². The maximum absolute atomic E-state index is 7.35. The van der Waals surface area contributed by atoms with Crippen LogP contribution in [0.25, 0.3) is 0 Å². The second kappa shape index (κ2) is 3.45. The number of hydrogen-bond acceptors (Lipinski definition) is 2. The van der Waals surface area contributed by atoms with Gasteiger partial charge in [-0.2, -0.15) is 0 Å². The Bertz CT molecular complexity index is 101. The molecule has 0 aliphatic heterocycles. The van der Waals surface area contributed by atoms with Gasteiger partial charge in [-0.3, -0.25) is 10.2 Å². The third kappa shape index (κ3) is 2.46. The lowest BCUT2D eigenvalue weighted by Crippen LogP contribution is -2.28. The predicted octanol–water partition coefficient (Wildman–Crippen LogP) is 1.11. The highest BCUT2D eigenvalue weighted by Gasteiger charge is 2.06. The summed E-state index contributed by atoms with van der Waals surface area (Å²) in [4.78, 5) is 4.78. The second-order valence-electron chi connectivity index (χ2n) is 2.22. The van der Waals surface area contributed by atoms with Crippen LogP contribution in [0.1, 0.15) is 13.8 Å². The Hall–Kier alpha value is -0.570. The van der Waals surface area contributed by atoms with Gasteiger partial charge in [0.2, 0.25) is 0 Å². The quantitative estimate of drug-likeness (QED) is 0.345. The number of hydrogen-bond donors (Lipinski definition) is 1. The van der Waals surface area contributed by atoms with E-state index in [1.54, 1.807) is 14.2 Å². The van der Waals surface area contributed by atoms with Gasteiger partial charge < -0.3 is 0 Å². The number of rotatable bonds is 2. The fourth-order valence-corrected chi connectivity index (χ4v) is 0.462. The lowest BCUT2D eigenvalue weighted by atomic mass is 10.2. The van der Waals surface area contributed by atoms with Crippen molar-refractivity contribution in [2.75, 3.05) is 14.2 Å². The zero-order valence-corrected chi connectivity index (χ0v) is 6.43. The monoisotopic (exact) mass is 130 g/mol. The van der Waals surface area contributed by atoms with Crippen molar-refractivity contribution in [1.29, 1.82) is 5.41 Å². The molecule has 1 N–H and O–H groups in total. The highest BCUT2D eigenvalue weighted by atomic mass is 16.7. The first kappa shape index (κ1) is 8.43. The molecular weight excluding hydrogens is 116 g/mol. The number of hydroxylamine groups is 2. The van der Waals surface area contributed by atoms with Gasteiger partial charge >= 0.3 is 0 Å². The molecule has 0 aliphatic rings. The third-order valence-corrected chi connectivity index (χ3v) is 1.16. The summed E-state index contributed by atoms with van der Waals surface area (Å²) >= 11 is 0. The van der Waals surface area contributed by atoms with E-state index in [4.69, 9.17) is 10.2 Å². The Labute approximate surface area is 56.1 Å². The van der Waals surface area contributed by atoms with Crippen LogP contribution in [0.2, 0.25) is 0 Å². The summed E-state index contributed by atoms with van der Waals surface area (Å²) in [7, 11) is 3.28. The molecule has 0 unspecified atom stereocenters. The molecule has 0 saturated carbocycles. The Morgan fingerprint density at radius 3 is 2.11 bits per heavy atom. The SMILES string of the molecule is CON(C)C(=N)C(C)C. The highest BCUT2D eigenvalue weighted by molar-refractivity contribution is 5.79. The molecule has 3 nitrogen and oxygen atoms in total. The van der Waals surface area contributed by atoms with Gasteiger partial charge in [-0.15, -0.1) is 0 Å². The van der Waals surface area contributed by atoms with Crippen molar-refractivity contribution in [2.24, 2.45) is 5.92 Å². The zero-order valence-electron chi connectivity index (χ0n) is 6.43.